The van der Waals surface area contributed by atoms with E-state index in [2.05, 4.69) is 22.6 Å². The summed E-state index contributed by atoms with van der Waals surface area (Å²) in [6, 6.07) is 10.8. The van der Waals surface area contributed by atoms with Crippen LogP contribution in [0.1, 0.15) is 25.7 Å². The fourth-order valence-corrected chi connectivity index (χ4v) is 1.97. The number of para-hydroxylation sites is 1. The highest BCUT2D eigenvalue weighted by atomic mass is 16.4. The lowest BCUT2D eigenvalue weighted by Gasteiger charge is -2.24. The van der Waals surface area contributed by atoms with Gasteiger partial charge in [-0.2, -0.15) is 0 Å². The van der Waals surface area contributed by atoms with Gasteiger partial charge >= 0.3 is 0 Å². The van der Waals surface area contributed by atoms with Crippen LogP contribution in [0, 0.1) is 0 Å². The number of oxime groups is 1. The first-order valence-corrected chi connectivity index (χ1v) is 5.40. The molecule has 1 aromatic carbocycles. The Bertz CT molecular complexity index is 325. The zero-order valence-corrected chi connectivity index (χ0v) is 8.69. The Morgan fingerprint density at radius 1 is 1.13 bits per heavy atom. The van der Waals surface area contributed by atoms with Gasteiger partial charge in [-0.05, 0) is 37.8 Å². The quantitative estimate of drug-likeness (QED) is 0.574. The number of hydrogen-bond acceptors (Lipinski definition) is 3. The topological polar surface area (TPSA) is 44.6 Å². The molecule has 0 unspecified atom stereocenters. The van der Waals surface area contributed by atoms with E-state index in [1.165, 1.54) is 5.69 Å². The molecule has 0 saturated heterocycles. The molecule has 1 saturated carbocycles. The summed E-state index contributed by atoms with van der Waals surface area (Å²) >= 11 is 0. The Labute approximate surface area is 89.8 Å². The van der Waals surface area contributed by atoms with Crippen LogP contribution in [0.15, 0.2) is 35.5 Å². The molecule has 1 aromatic rings. The van der Waals surface area contributed by atoms with Gasteiger partial charge in [0.15, 0.2) is 0 Å². The standard InChI is InChI=1S/C12H16N2O/c15-14-12-8-6-11(7-9-12)13-10-4-2-1-3-5-10/h1-5,11,13,15H,6-9H2. The molecular weight excluding hydrogens is 188 g/mol. The van der Waals surface area contributed by atoms with E-state index in [0.717, 1.165) is 31.4 Å². The van der Waals surface area contributed by atoms with E-state index in [-0.39, 0.29) is 0 Å². The average Bonchev–Trinajstić information content (AvgIpc) is 2.31. The maximum atomic E-state index is 8.63. The molecule has 15 heavy (non-hydrogen) atoms. The molecule has 0 heterocycles. The molecule has 2 rings (SSSR count). The number of rotatable bonds is 2. The summed E-state index contributed by atoms with van der Waals surface area (Å²) in [7, 11) is 0. The van der Waals surface area contributed by atoms with Gasteiger partial charge in [0.1, 0.15) is 0 Å². The van der Waals surface area contributed by atoms with Crippen molar-refractivity contribution in [3.8, 4) is 0 Å². The summed E-state index contributed by atoms with van der Waals surface area (Å²) in [4.78, 5) is 0. The van der Waals surface area contributed by atoms with Crippen LogP contribution in [-0.2, 0) is 0 Å². The van der Waals surface area contributed by atoms with Crippen LogP contribution in [0.25, 0.3) is 0 Å². The average molecular weight is 204 g/mol. The summed E-state index contributed by atoms with van der Waals surface area (Å²) in [5.74, 6) is 0. The second-order valence-electron chi connectivity index (χ2n) is 3.95. The molecule has 0 spiro atoms. The monoisotopic (exact) mass is 204 g/mol. The molecule has 1 fully saturated rings. The number of nitrogens with one attached hydrogen (secondary N) is 1. The van der Waals surface area contributed by atoms with Crippen LogP contribution in [-0.4, -0.2) is 17.0 Å². The van der Waals surface area contributed by atoms with Crippen LogP contribution in [0.4, 0.5) is 5.69 Å². The second-order valence-corrected chi connectivity index (χ2v) is 3.95. The Hall–Kier alpha value is -1.51. The molecule has 1 aliphatic carbocycles. The molecular formula is C12H16N2O. The maximum absolute atomic E-state index is 8.63. The van der Waals surface area contributed by atoms with E-state index in [1.807, 2.05) is 18.2 Å². The summed E-state index contributed by atoms with van der Waals surface area (Å²) in [6.07, 6.45) is 3.91. The van der Waals surface area contributed by atoms with Crippen molar-refractivity contribution in [1.82, 2.24) is 0 Å². The van der Waals surface area contributed by atoms with E-state index in [4.69, 9.17) is 5.21 Å². The molecule has 0 aromatic heterocycles. The van der Waals surface area contributed by atoms with Crippen molar-refractivity contribution in [2.24, 2.45) is 5.16 Å². The van der Waals surface area contributed by atoms with Gasteiger partial charge in [0.2, 0.25) is 0 Å². The van der Waals surface area contributed by atoms with Crippen LogP contribution in [0.3, 0.4) is 0 Å². The minimum atomic E-state index is 0.512. The van der Waals surface area contributed by atoms with Gasteiger partial charge in [0.05, 0.1) is 5.71 Å². The summed E-state index contributed by atoms with van der Waals surface area (Å²) < 4.78 is 0. The van der Waals surface area contributed by atoms with E-state index < -0.39 is 0 Å². The fourth-order valence-electron chi connectivity index (χ4n) is 1.97. The van der Waals surface area contributed by atoms with Crippen molar-refractivity contribution in [3.05, 3.63) is 30.3 Å². The van der Waals surface area contributed by atoms with E-state index in [0.29, 0.717) is 6.04 Å². The SMILES string of the molecule is ON=C1CCC(Nc2ccccc2)CC1. The Kier molecular flexibility index (Phi) is 3.22. The maximum Gasteiger partial charge on any atom is 0.0572 e. The van der Waals surface area contributed by atoms with E-state index in [9.17, 15) is 0 Å². The van der Waals surface area contributed by atoms with Gasteiger partial charge < -0.3 is 10.5 Å². The number of anilines is 1. The first kappa shape index (κ1) is 10.0. The van der Waals surface area contributed by atoms with Crippen LogP contribution in [0.5, 0.6) is 0 Å². The van der Waals surface area contributed by atoms with Crippen molar-refractivity contribution >= 4 is 11.4 Å². The summed E-state index contributed by atoms with van der Waals surface area (Å²) in [5, 5.41) is 15.4. The highest BCUT2D eigenvalue weighted by Crippen LogP contribution is 2.20. The predicted octanol–water partition coefficient (Wildman–Crippen LogP) is 2.87. The first-order chi connectivity index (χ1) is 7.38. The third kappa shape index (κ3) is 2.72. The van der Waals surface area contributed by atoms with Crippen molar-refractivity contribution < 1.29 is 5.21 Å². The molecule has 3 nitrogen and oxygen atoms in total. The fraction of sp³-hybridized carbons (Fsp3) is 0.417. The Morgan fingerprint density at radius 2 is 1.80 bits per heavy atom. The smallest absolute Gasteiger partial charge is 0.0572 e. The van der Waals surface area contributed by atoms with Crippen molar-refractivity contribution in [2.45, 2.75) is 31.7 Å². The number of hydrogen-bond donors (Lipinski definition) is 2. The van der Waals surface area contributed by atoms with Crippen molar-refractivity contribution in [2.75, 3.05) is 5.32 Å². The Balaban J connectivity index is 1.87. The lowest BCUT2D eigenvalue weighted by atomic mass is 9.93. The van der Waals surface area contributed by atoms with E-state index >= 15 is 0 Å². The molecule has 0 atom stereocenters. The largest absolute Gasteiger partial charge is 0.411 e. The first-order valence-electron chi connectivity index (χ1n) is 5.40. The normalized spacial score (nSPS) is 21.1. The van der Waals surface area contributed by atoms with Crippen LogP contribution >= 0.6 is 0 Å². The summed E-state index contributed by atoms with van der Waals surface area (Å²) in [5.41, 5.74) is 2.10. The molecule has 3 heteroatoms. The molecule has 2 N–H and O–H groups in total. The molecule has 1 aliphatic rings. The second kappa shape index (κ2) is 4.82. The molecule has 0 bridgehead atoms. The highest BCUT2D eigenvalue weighted by Gasteiger charge is 2.17. The van der Waals surface area contributed by atoms with Gasteiger partial charge in [0.25, 0.3) is 0 Å². The zero-order valence-electron chi connectivity index (χ0n) is 8.69. The minimum Gasteiger partial charge on any atom is -0.411 e. The zero-order chi connectivity index (χ0) is 10.5. The molecule has 80 valence electrons. The third-order valence-electron chi connectivity index (χ3n) is 2.85. The lowest BCUT2D eigenvalue weighted by molar-refractivity contribution is 0.313. The molecule has 0 amide bonds. The third-order valence-corrected chi connectivity index (χ3v) is 2.85. The number of nitrogens with zero attached hydrogens (tertiary/aromatic N) is 1. The highest BCUT2D eigenvalue weighted by molar-refractivity contribution is 5.84. The van der Waals surface area contributed by atoms with Gasteiger partial charge in [-0.3, -0.25) is 0 Å². The molecule has 0 radical (unpaired) electrons. The minimum absolute atomic E-state index is 0.512. The predicted molar refractivity (Wildman–Crippen MR) is 61.5 cm³/mol. The number of benzene rings is 1. The van der Waals surface area contributed by atoms with Gasteiger partial charge in [-0.1, -0.05) is 23.4 Å². The Morgan fingerprint density at radius 3 is 2.40 bits per heavy atom. The van der Waals surface area contributed by atoms with Crippen molar-refractivity contribution in [1.29, 1.82) is 0 Å². The van der Waals surface area contributed by atoms with Gasteiger partial charge in [0, 0.05) is 11.7 Å². The van der Waals surface area contributed by atoms with E-state index in [1.54, 1.807) is 0 Å². The van der Waals surface area contributed by atoms with Gasteiger partial charge in [-0.25, -0.2) is 0 Å². The van der Waals surface area contributed by atoms with Crippen LogP contribution in [0.2, 0.25) is 0 Å². The van der Waals surface area contributed by atoms with Crippen LogP contribution < -0.4 is 5.32 Å². The van der Waals surface area contributed by atoms with Gasteiger partial charge in [-0.15, -0.1) is 0 Å². The molecule has 0 aliphatic heterocycles. The van der Waals surface area contributed by atoms with Crippen molar-refractivity contribution in [3.63, 3.8) is 0 Å². The lowest BCUT2D eigenvalue weighted by Crippen LogP contribution is -2.26. The summed E-state index contributed by atoms with van der Waals surface area (Å²) in [6.45, 7) is 0.